The van der Waals surface area contributed by atoms with Crippen molar-refractivity contribution in [3.05, 3.63) is 109 Å². The van der Waals surface area contributed by atoms with E-state index >= 15 is 0 Å². The van der Waals surface area contributed by atoms with Gasteiger partial charge in [-0.15, -0.1) is 0 Å². The van der Waals surface area contributed by atoms with Gasteiger partial charge in [-0.1, -0.05) is 28.1 Å². The fourth-order valence-electron chi connectivity index (χ4n) is 4.34. The molecule has 0 fully saturated rings. The Kier molecular flexibility index (Phi) is 5.05. The molecule has 4 aromatic rings. The van der Waals surface area contributed by atoms with Crippen molar-refractivity contribution in [2.24, 2.45) is 0 Å². The van der Waals surface area contributed by atoms with E-state index in [9.17, 15) is 14.4 Å². The summed E-state index contributed by atoms with van der Waals surface area (Å²) >= 11 is 3.50. The Labute approximate surface area is 198 Å². The molecule has 0 radical (unpaired) electrons. The number of halogens is 1. The summed E-state index contributed by atoms with van der Waals surface area (Å²) in [6.07, 6.45) is 0. The van der Waals surface area contributed by atoms with E-state index in [1.54, 1.807) is 35.2 Å². The summed E-state index contributed by atoms with van der Waals surface area (Å²) in [7, 11) is 0. The van der Waals surface area contributed by atoms with Gasteiger partial charge in [-0.2, -0.15) is 0 Å². The SMILES string of the molecule is CC(=O)c1ccc(N2C(=O)c3oc4cc(C)c(C)cc4c(=O)c3C2c2cccc(Br)c2)cc1. The summed E-state index contributed by atoms with van der Waals surface area (Å²) < 4.78 is 6.91. The molecule has 6 heteroatoms. The Hall–Kier alpha value is -3.51. The molecule has 0 spiro atoms. The van der Waals surface area contributed by atoms with E-state index in [4.69, 9.17) is 4.42 Å². The number of Topliss-reactive ketones (excluding diaryl/α,β-unsaturated/α-hetero) is 1. The van der Waals surface area contributed by atoms with E-state index in [-0.39, 0.29) is 22.9 Å². The first-order chi connectivity index (χ1) is 15.8. The standard InChI is InChI=1S/C27H20BrNO4/c1-14-11-21-22(12-15(14)2)33-26-23(25(21)31)24(18-5-4-6-19(28)13-18)29(27(26)32)20-9-7-17(8-10-20)16(3)30/h4-13,24H,1-3H3. The van der Waals surface area contributed by atoms with E-state index < -0.39 is 6.04 Å². The van der Waals surface area contributed by atoms with Crippen LogP contribution in [0.15, 0.2) is 74.3 Å². The van der Waals surface area contributed by atoms with Crippen LogP contribution >= 0.6 is 15.9 Å². The Bertz CT molecular complexity index is 1520. The zero-order valence-electron chi connectivity index (χ0n) is 18.3. The molecule has 5 nitrogen and oxygen atoms in total. The monoisotopic (exact) mass is 501 g/mol. The Morgan fingerprint density at radius 3 is 2.33 bits per heavy atom. The highest BCUT2D eigenvalue weighted by molar-refractivity contribution is 9.10. The molecule has 0 saturated carbocycles. The van der Waals surface area contributed by atoms with Gasteiger partial charge in [0.15, 0.2) is 11.2 Å². The minimum atomic E-state index is -0.657. The predicted molar refractivity (Wildman–Crippen MR) is 131 cm³/mol. The van der Waals surface area contributed by atoms with Crippen LogP contribution < -0.4 is 10.3 Å². The zero-order valence-corrected chi connectivity index (χ0v) is 19.9. The fraction of sp³-hybridized carbons (Fsp3) is 0.148. The van der Waals surface area contributed by atoms with Gasteiger partial charge in [-0.3, -0.25) is 19.3 Å². The summed E-state index contributed by atoms with van der Waals surface area (Å²) in [5.41, 5.74) is 4.38. The van der Waals surface area contributed by atoms with Crippen molar-refractivity contribution in [3.63, 3.8) is 0 Å². The van der Waals surface area contributed by atoms with Crippen molar-refractivity contribution >= 4 is 44.3 Å². The largest absolute Gasteiger partial charge is 0.450 e. The van der Waals surface area contributed by atoms with Crippen LogP contribution in [-0.2, 0) is 0 Å². The molecule has 1 aliphatic rings. The van der Waals surface area contributed by atoms with Gasteiger partial charge in [0, 0.05) is 15.7 Å². The highest BCUT2D eigenvalue weighted by atomic mass is 79.9. The molecule has 1 aromatic heterocycles. The van der Waals surface area contributed by atoms with Gasteiger partial charge >= 0.3 is 0 Å². The quantitative estimate of drug-likeness (QED) is 0.317. The number of hydrogen-bond donors (Lipinski definition) is 0. The average Bonchev–Trinajstić information content (AvgIpc) is 3.08. The highest BCUT2D eigenvalue weighted by Gasteiger charge is 2.43. The summed E-state index contributed by atoms with van der Waals surface area (Å²) in [6, 6.07) is 17.3. The Morgan fingerprint density at radius 2 is 1.67 bits per heavy atom. The van der Waals surface area contributed by atoms with Crippen LogP contribution in [0, 0.1) is 13.8 Å². The number of ketones is 1. The van der Waals surface area contributed by atoms with Gasteiger partial charge in [0.25, 0.3) is 5.91 Å². The number of nitrogens with zero attached hydrogens (tertiary/aromatic N) is 1. The number of aryl methyl sites for hydroxylation is 2. The molecule has 0 bridgehead atoms. The number of amides is 1. The first-order valence-corrected chi connectivity index (χ1v) is 11.3. The zero-order chi connectivity index (χ0) is 23.4. The maximum atomic E-state index is 13.7. The normalized spacial score (nSPS) is 15.2. The second-order valence-corrected chi connectivity index (χ2v) is 9.26. The van der Waals surface area contributed by atoms with E-state index in [1.807, 2.05) is 44.2 Å². The van der Waals surface area contributed by atoms with Crippen molar-refractivity contribution in [1.82, 2.24) is 0 Å². The van der Waals surface area contributed by atoms with Crippen LogP contribution in [0.4, 0.5) is 5.69 Å². The second kappa shape index (κ2) is 7.81. The van der Waals surface area contributed by atoms with Crippen molar-refractivity contribution in [1.29, 1.82) is 0 Å². The minimum absolute atomic E-state index is 0.0522. The third kappa shape index (κ3) is 3.42. The van der Waals surface area contributed by atoms with Crippen LogP contribution in [0.5, 0.6) is 0 Å². The lowest BCUT2D eigenvalue weighted by Crippen LogP contribution is -2.29. The first-order valence-electron chi connectivity index (χ1n) is 10.5. The molecule has 1 atom stereocenters. The molecular formula is C27H20BrNO4. The first kappa shape index (κ1) is 21.3. The van der Waals surface area contributed by atoms with Crippen LogP contribution in [0.1, 0.15) is 56.1 Å². The van der Waals surface area contributed by atoms with Gasteiger partial charge in [-0.05, 0) is 86.0 Å². The molecule has 0 saturated heterocycles. The number of carbonyl (C=O) groups is 2. The number of hydrogen-bond acceptors (Lipinski definition) is 4. The molecule has 1 unspecified atom stereocenters. The molecule has 1 aliphatic heterocycles. The highest BCUT2D eigenvalue weighted by Crippen LogP contribution is 2.42. The van der Waals surface area contributed by atoms with E-state index in [1.165, 1.54) is 6.92 Å². The Balaban J connectivity index is 1.79. The number of rotatable bonds is 3. The van der Waals surface area contributed by atoms with Gasteiger partial charge < -0.3 is 4.42 Å². The summed E-state index contributed by atoms with van der Waals surface area (Å²) in [5.74, 6) is -0.394. The second-order valence-electron chi connectivity index (χ2n) is 8.34. The lowest BCUT2D eigenvalue weighted by atomic mass is 9.97. The van der Waals surface area contributed by atoms with Crippen LogP contribution in [0.2, 0.25) is 0 Å². The van der Waals surface area contributed by atoms with Crippen molar-refractivity contribution < 1.29 is 14.0 Å². The Morgan fingerprint density at radius 1 is 0.970 bits per heavy atom. The van der Waals surface area contributed by atoms with Crippen LogP contribution in [-0.4, -0.2) is 11.7 Å². The molecule has 2 heterocycles. The molecular weight excluding hydrogens is 482 g/mol. The van der Waals surface area contributed by atoms with Gasteiger partial charge in [0.2, 0.25) is 5.76 Å². The minimum Gasteiger partial charge on any atom is -0.450 e. The molecule has 3 aromatic carbocycles. The van der Waals surface area contributed by atoms with E-state index in [2.05, 4.69) is 15.9 Å². The van der Waals surface area contributed by atoms with E-state index in [0.29, 0.717) is 27.8 Å². The summed E-state index contributed by atoms with van der Waals surface area (Å²) in [5, 5.41) is 0.457. The third-order valence-corrected chi connectivity index (χ3v) is 6.70. The topological polar surface area (TPSA) is 67.6 Å². The maximum absolute atomic E-state index is 13.7. The maximum Gasteiger partial charge on any atom is 0.295 e. The van der Waals surface area contributed by atoms with Gasteiger partial charge in [0.1, 0.15) is 5.58 Å². The molecule has 0 aliphatic carbocycles. The predicted octanol–water partition coefficient (Wildman–Crippen LogP) is 6.12. The number of fused-ring (bicyclic) bond motifs is 2. The average molecular weight is 502 g/mol. The molecule has 164 valence electrons. The van der Waals surface area contributed by atoms with Crippen molar-refractivity contribution in [3.8, 4) is 0 Å². The van der Waals surface area contributed by atoms with Crippen LogP contribution in [0.3, 0.4) is 0 Å². The van der Waals surface area contributed by atoms with Gasteiger partial charge in [0.05, 0.1) is 17.0 Å². The van der Waals surface area contributed by atoms with Crippen molar-refractivity contribution in [2.75, 3.05) is 4.90 Å². The lowest BCUT2D eigenvalue weighted by Gasteiger charge is -2.25. The number of benzene rings is 3. The molecule has 5 rings (SSSR count). The van der Waals surface area contributed by atoms with Gasteiger partial charge in [-0.25, -0.2) is 0 Å². The summed E-state index contributed by atoms with van der Waals surface area (Å²) in [4.78, 5) is 40.7. The fourth-order valence-corrected chi connectivity index (χ4v) is 4.76. The molecule has 0 N–H and O–H groups in total. The smallest absolute Gasteiger partial charge is 0.295 e. The third-order valence-electron chi connectivity index (χ3n) is 6.20. The molecule has 1 amide bonds. The lowest BCUT2D eigenvalue weighted by molar-refractivity contribution is 0.0970. The van der Waals surface area contributed by atoms with E-state index in [0.717, 1.165) is 21.2 Å². The van der Waals surface area contributed by atoms with Crippen molar-refractivity contribution in [2.45, 2.75) is 26.8 Å². The number of anilines is 1. The molecule has 33 heavy (non-hydrogen) atoms. The summed E-state index contributed by atoms with van der Waals surface area (Å²) in [6.45, 7) is 5.38. The van der Waals surface area contributed by atoms with Crippen LogP contribution in [0.25, 0.3) is 11.0 Å². The number of carbonyl (C=O) groups excluding carboxylic acids is 2.